The van der Waals surface area contributed by atoms with E-state index in [1.54, 1.807) is 37.4 Å². The van der Waals surface area contributed by atoms with Crippen LogP contribution in [0.15, 0.2) is 42.7 Å². The van der Waals surface area contributed by atoms with E-state index in [2.05, 4.69) is 10.3 Å². The number of carbonyl (C=O) groups is 2. The molecule has 3 N–H and O–H groups in total. The number of nitrogens with two attached hydrogens (primary N) is 1. The molecule has 0 radical (unpaired) electrons. The van der Waals surface area contributed by atoms with Crippen LogP contribution < -0.4 is 11.1 Å². The van der Waals surface area contributed by atoms with Gasteiger partial charge in [0, 0.05) is 41.7 Å². The molecule has 1 aromatic carbocycles. The average Bonchev–Trinajstić information content (AvgIpc) is 2.49. The largest absolute Gasteiger partial charge is 0.327 e. The van der Waals surface area contributed by atoms with Crippen molar-refractivity contribution in [2.75, 3.05) is 5.32 Å². The normalized spacial score (nSPS) is 11.8. The van der Waals surface area contributed by atoms with Crippen LogP contribution in [0.25, 0.3) is 0 Å². The molecular weight excluding hydrogens is 278 g/mol. The molecule has 5 heteroatoms. The Morgan fingerprint density at radius 3 is 2.68 bits per heavy atom. The van der Waals surface area contributed by atoms with Crippen molar-refractivity contribution in [3.05, 3.63) is 59.4 Å². The fourth-order valence-electron chi connectivity index (χ4n) is 2.06. The van der Waals surface area contributed by atoms with Crippen molar-refractivity contribution in [2.45, 2.75) is 26.3 Å². The molecule has 2 rings (SSSR count). The van der Waals surface area contributed by atoms with E-state index >= 15 is 0 Å². The topological polar surface area (TPSA) is 85.1 Å². The van der Waals surface area contributed by atoms with Crippen LogP contribution in [0.3, 0.4) is 0 Å². The first-order valence-corrected chi connectivity index (χ1v) is 7.08. The third kappa shape index (κ3) is 3.99. The van der Waals surface area contributed by atoms with E-state index in [4.69, 9.17) is 5.73 Å². The first kappa shape index (κ1) is 15.9. The summed E-state index contributed by atoms with van der Waals surface area (Å²) in [5.74, 6) is -0.292. The number of amides is 1. The fourth-order valence-corrected chi connectivity index (χ4v) is 2.06. The quantitative estimate of drug-likeness (QED) is 0.829. The molecule has 1 atom stereocenters. The van der Waals surface area contributed by atoms with Crippen LogP contribution in [-0.4, -0.2) is 22.7 Å². The van der Waals surface area contributed by atoms with Crippen molar-refractivity contribution in [2.24, 2.45) is 5.73 Å². The zero-order valence-corrected chi connectivity index (χ0v) is 12.7. The van der Waals surface area contributed by atoms with Gasteiger partial charge < -0.3 is 11.1 Å². The summed E-state index contributed by atoms with van der Waals surface area (Å²) >= 11 is 0. The Labute approximate surface area is 129 Å². The van der Waals surface area contributed by atoms with E-state index in [0.29, 0.717) is 16.8 Å². The highest BCUT2D eigenvalue weighted by Crippen LogP contribution is 2.19. The van der Waals surface area contributed by atoms with E-state index in [9.17, 15) is 9.59 Å². The molecule has 1 aromatic heterocycles. The number of aryl methyl sites for hydroxylation is 1. The number of hydrogen-bond donors (Lipinski definition) is 2. The van der Waals surface area contributed by atoms with Crippen molar-refractivity contribution in [1.29, 1.82) is 0 Å². The summed E-state index contributed by atoms with van der Waals surface area (Å²) in [6, 6.07) is 8.46. The zero-order chi connectivity index (χ0) is 16.1. The van der Waals surface area contributed by atoms with Gasteiger partial charge >= 0.3 is 0 Å². The molecule has 0 fully saturated rings. The molecule has 1 amide bonds. The molecule has 0 aliphatic heterocycles. The van der Waals surface area contributed by atoms with E-state index < -0.39 is 0 Å². The van der Waals surface area contributed by atoms with Gasteiger partial charge in [0.1, 0.15) is 0 Å². The molecule has 1 unspecified atom stereocenters. The van der Waals surface area contributed by atoms with Gasteiger partial charge in [-0.05, 0) is 37.6 Å². The maximum Gasteiger partial charge on any atom is 0.225 e. The van der Waals surface area contributed by atoms with Gasteiger partial charge in [-0.1, -0.05) is 12.1 Å². The van der Waals surface area contributed by atoms with Crippen molar-refractivity contribution in [1.82, 2.24) is 4.98 Å². The maximum atomic E-state index is 12.4. The highest BCUT2D eigenvalue weighted by atomic mass is 16.1. The predicted molar refractivity (Wildman–Crippen MR) is 85.7 cm³/mol. The molecule has 2 aromatic rings. The molecule has 114 valence electrons. The molecule has 0 spiro atoms. The van der Waals surface area contributed by atoms with Crippen molar-refractivity contribution < 1.29 is 9.59 Å². The number of anilines is 1. The van der Waals surface area contributed by atoms with Crippen LogP contribution >= 0.6 is 0 Å². The summed E-state index contributed by atoms with van der Waals surface area (Å²) in [5.41, 5.74) is 8.15. The standard InChI is InChI=1S/C17H19N3O2/c1-11-5-6-13(17(22)14-4-3-7-19-10-14)9-15(11)20-16(21)8-12(2)18/h3-7,9-10,12H,8,18H2,1-2H3,(H,20,21). The second kappa shape index (κ2) is 6.95. The van der Waals surface area contributed by atoms with Crippen molar-refractivity contribution in [3.8, 4) is 0 Å². The lowest BCUT2D eigenvalue weighted by Crippen LogP contribution is -2.24. The average molecular weight is 297 g/mol. The molecule has 0 saturated carbocycles. The van der Waals surface area contributed by atoms with E-state index in [1.165, 1.54) is 6.20 Å². The molecule has 5 nitrogen and oxygen atoms in total. The number of carbonyl (C=O) groups excluding carboxylic acids is 2. The fraction of sp³-hybridized carbons (Fsp3) is 0.235. The molecule has 1 heterocycles. The number of rotatable bonds is 5. The van der Waals surface area contributed by atoms with Gasteiger partial charge in [-0.2, -0.15) is 0 Å². The lowest BCUT2D eigenvalue weighted by Gasteiger charge is -2.11. The van der Waals surface area contributed by atoms with Crippen LogP contribution in [0.1, 0.15) is 34.8 Å². The van der Waals surface area contributed by atoms with Gasteiger partial charge in [-0.15, -0.1) is 0 Å². The maximum absolute atomic E-state index is 12.4. The van der Waals surface area contributed by atoms with Gasteiger partial charge in [0.25, 0.3) is 0 Å². The SMILES string of the molecule is Cc1ccc(C(=O)c2cccnc2)cc1NC(=O)CC(C)N. The third-order valence-electron chi connectivity index (χ3n) is 3.20. The van der Waals surface area contributed by atoms with Gasteiger partial charge in [-0.25, -0.2) is 0 Å². The summed E-state index contributed by atoms with van der Waals surface area (Å²) in [6.07, 6.45) is 3.38. The van der Waals surface area contributed by atoms with Crippen LogP contribution in [0.2, 0.25) is 0 Å². The zero-order valence-electron chi connectivity index (χ0n) is 12.7. The van der Waals surface area contributed by atoms with Crippen LogP contribution in [0.4, 0.5) is 5.69 Å². The molecule has 0 aliphatic rings. The first-order valence-electron chi connectivity index (χ1n) is 7.08. The van der Waals surface area contributed by atoms with Gasteiger partial charge in [0.15, 0.2) is 5.78 Å². The number of pyridine rings is 1. The molecular formula is C17H19N3O2. The van der Waals surface area contributed by atoms with Gasteiger partial charge in [0.2, 0.25) is 5.91 Å². The Hall–Kier alpha value is -2.53. The number of aromatic nitrogens is 1. The second-order valence-corrected chi connectivity index (χ2v) is 5.33. The van der Waals surface area contributed by atoms with Gasteiger partial charge in [0.05, 0.1) is 0 Å². The predicted octanol–water partition coefficient (Wildman–Crippen LogP) is 2.30. The Bertz CT molecular complexity index is 682. The smallest absolute Gasteiger partial charge is 0.225 e. The summed E-state index contributed by atoms with van der Waals surface area (Å²) < 4.78 is 0. The number of ketones is 1. The van der Waals surface area contributed by atoms with E-state index in [-0.39, 0.29) is 24.2 Å². The van der Waals surface area contributed by atoms with Crippen LogP contribution in [0.5, 0.6) is 0 Å². The monoisotopic (exact) mass is 297 g/mol. The summed E-state index contributed by atoms with van der Waals surface area (Å²) in [4.78, 5) is 28.2. The third-order valence-corrected chi connectivity index (χ3v) is 3.20. The second-order valence-electron chi connectivity index (χ2n) is 5.33. The number of hydrogen-bond acceptors (Lipinski definition) is 4. The Morgan fingerprint density at radius 2 is 2.05 bits per heavy atom. The molecule has 0 saturated heterocycles. The Morgan fingerprint density at radius 1 is 1.27 bits per heavy atom. The molecule has 0 aliphatic carbocycles. The minimum absolute atomic E-state index is 0.129. The number of benzene rings is 1. The first-order chi connectivity index (χ1) is 10.5. The summed E-state index contributed by atoms with van der Waals surface area (Å²) in [6.45, 7) is 3.65. The molecule has 0 bridgehead atoms. The van der Waals surface area contributed by atoms with Crippen molar-refractivity contribution in [3.63, 3.8) is 0 Å². The number of nitrogens with one attached hydrogen (secondary N) is 1. The minimum atomic E-state index is -0.208. The van der Waals surface area contributed by atoms with Gasteiger partial charge in [-0.3, -0.25) is 14.6 Å². The van der Waals surface area contributed by atoms with Crippen LogP contribution in [0, 0.1) is 6.92 Å². The summed E-state index contributed by atoms with van der Waals surface area (Å²) in [5, 5.41) is 2.80. The minimum Gasteiger partial charge on any atom is -0.327 e. The Kier molecular flexibility index (Phi) is 5.01. The lowest BCUT2D eigenvalue weighted by atomic mass is 10.0. The van der Waals surface area contributed by atoms with Crippen LogP contribution in [-0.2, 0) is 4.79 Å². The lowest BCUT2D eigenvalue weighted by molar-refractivity contribution is -0.116. The molecule has 22 heavy (non-hydrogen) atoms. The highest BCUT2D eigenvalue weighted by Gasteiger charge is 2.12. The van der Waals surface area contributed by atoms with E-state index in [0.717, 1.165) is 5.56 Å². The Balaban J connectivity index is 2.23. The summed E-state index contributed by atoms with van der Waals surface area (Å²) in [7, 11) is 0. The van der Waals surface area contributed by atoms with E-state index in [1.807, 2.05) is 13.0 Å². The number of nitrogens with zero attached hydrogens (tertiary/aromatic N) is 1. The van der Waals surface area contributed by atoms with Crippen molar-refractivity contribution >= 4 is 17.4 Å². The highest BCUT2D eigenvalue weighted by molar-refractivity contribution is 6.09.